The van der Waals surface area contributed by atoms with E-state index in [1.807, 2.05) is 65.8 Å². The van der Waals surface area contributed by atoms with Crippen molar-refractivity contribution in [3.63, 3.8) is 0 Å². The van der Waals surface area contributed by atoms with E-state index >= 15 is 0 Å². The van der Waals surface area contributed by atoms with Crippen LogP contribution in [0.1, 0.15) is 38.3 Å². The van der Waals surface area contributed by atoms with E-state index in [1.54, 1.807) is 31.2 Å². The van der Waals surface area contributed by atoms with Gasteiger partial charge in [-0.25, -0.2) is 8.70 Å². The van der Waals surface area contributed by atoms with Gasteiger partial charge in [-0.1, -0.05) is 69.7 Å². The lowest BCUT2D eigenvalue weighted by Gasteiger charge is -2.31. The van der Waals surface area contributed by atoms with E-state index in [2.05, 4.69) is 28.4 Å². The molecule has 0 heterocycles. The largest absolute Gasteiger partial charge is 0.453 e. The van der Waals surface area contributed by atoms with Crippen LogP contribution in [0.4, 0.5) is 10.1 Å². The van der Waals surface area contributed by atoms with Gasteiger partial charge in [-0.05, 0) is 59.8 Å². The highest BCUT2D eigenvalue weighted by Crippen LogP contribution is 2.24. The Morgan fingerprint density at radius 3 is 2.29 bits per heavy atom. The van der Waals surface area contributed by atoms with Gasteiger partial charge in [-0.15, -0.1) is 9.24 Å². The molecule has 1 amide bonds. The van der Waals surface area contributed by atoms with Crippen molar-refractivity contribution in [2.24, 2.45) is 0 Å². The van der Waals surface area contributed by atoms with E-state index in [9.17, 15) is 19.1 Å². The number of rotatable bonds is 17. The summed E-state index contributed by atoms with van der Waals surface area (Å²) in [7, 11) is 5.71. The highest BCUT2D eigenvalue weighted by Gasteiger charge is 2.29. The summed E-state index contributed by atoms with van der Waals surface area (Å²) in [6, 6.07) is 21.5. The van der Waals surface area contributed by atoms with E-state index in [1.165, 1.54) is 24.4 Å². The predicted molar refractivity (Wildman–Crippen MR) is 184 cm³/mol. The number of anilines is 1. The summed E-state index contributed by atoms with van der Waals surface area (Å²) in [6.45, 7) is 8.00. The molecule has 0 radical (unpaired) electrons. The van der Waals surface area contributed by atoms with Crippen molar-refractivity contribution in [1.82, 2.24) is 9.62 Å². The van der Waals surface area contributed by atoms with Gasteiger partial charge in [0.1, 0.15) is 5.82 Å². The third-order valence-electron chi connectivity index (χ3n) is 6.68. The maximum atomic E-state index is 13.7. The summed E-state index contributed by atoms with van der Waals surface area (Å²) in [5, 5.41) is 14.7. The van der Waals surface area contributed by atoms with Gasteiger partial charge in [0, 0.05) is 43.1 Å². The smallest absolute Gasteiger partial charge is 0.293 e. The first-order valence-electron chi connectivity index (χ1n) is 15.0. The van der Waals surface area contributed by atoms with Gasteiger partial charge in [0.15, 0.2) is 6.10 Å². The molecule has 2 N–H and O–H groups in total. The Kier molecular flexibility index (Phi) is 17.7. The van der Waals surface area contributed by atoms with Gasteiger partial charge in [0.05, 0.1) is 25.3 Å². The molecule has 0 aromatic heterocycles. The maximum Gasteiger partial charge on any atom is 0.293 e. The Bertz CT molecular complexity index is 1290. The molecular formula is C34H47FN3O5PS. The van der Waals surface area contributed by atoms with E-state index in [0.717, 1.165) is 16.0 Å². The number of likely N-dealkylation sites (N-methyl/N-ethyl adjacent to an activating group) is 2. The fraction of sp³-hybridized carbons (Fsp3) is 0.412. The van der Waals surface area contributed by atoms with Crippen molar-refractivity contribution < 1.29 is 28.6 Å². The molecular weight excluding hydrogens is 612 g/mol. The monoisotopic (exact) mass is 659 g/mol. The minimum atomic E-state index is -1.15. The van der Waals surface area contributed by atoms with Crippen LogP contribution in [0.5, 0.6) is 0 Å². The molecule has 0 aliphatic carbocycles. The zero-order valence-electron chi connectivity index (χ0n) is 26.8. The fourth-order valence-corrected chi connectivity index (χ4v) is 5.51. The van der Waals surface area contributed by atoms with Crippen molar-refractivity contribution in [3.05, 3.63) is 89.7 Å². The van der Waals surface area contributed by atoms with Crippen LogP contribution < -0.4 is 15.5 Å². The molecule has 4 atom stereocenters. The zero-order valence-corrected chi connectivity index (χ0v) is 28.8. The van der Waals surface area contributed by atoms with Crippen LogP contribution in [0.15, 0.2) is 77.7 Å². The molecule has 0 bridgehead atoms. The number of aliphatic hydroxyl groups is 1. The van der Waals surface area contributed by atoms with Gasteiger partial charge >= 0.3 is 0 Å². The third-order valence-corrected chi connectivity index (χ3v) is 8.27. The van der Waals surface area contributed by atoms with Crippen molar-refractivity contribution in [3.8, 4) is 0 Å². The fourth-order valence-electron chi connectivity index (χ4n) is 4.33. The number of carbonyl (C=O) groups is 2. The number of aliphatic hydroxyl groups excluding tert-OH is 1. The zero-order chi connectivity index (χ0) is 33.2. The van der Waals surface area contributed by atoms with Crippen LogP contribution >= 0.6 is 21.2 Å². The number of amides is 1. The van der Waals surface area contributed by atoms with Crippen LogP contribution in [0, 0.1) is 5.82 Å². The second-order valence-corrected chi connectivity index (χ2v) is 12.3. The molecule has 0 saturated carbocycles. The van der Waals surface area contributed by atoms with Crippen LogP contribution in [0.3, 0.4) is 0 Å². The molecule has 0 fully saturated rings. The van der Waals surface area contributed by atoms with Crippen LogP contribution in [0.25, 0.3) is 0 Å². The second kappa shape index (κ2) is 20.9. The quantitative estimate of drug-likeness (QED) is 0.119. The van der Waals surface area contributed by atoms with Gasteiger partial charge < -0.3 is 24.8 Å². The number of nitrogens with one attached hydrogen (secondary N) is 1. The average Bonchev–Trinajstić information content (AvgIpc) is 3.03. The molecule has 11 heteroatoms. The summed E-state index contributed by atoms with van der Waals surface area (Å²) in [5.41, 5.74) is 2.66. The SMILES string of the molecule is CCC.CCN(CC(O)C(Cc1ccccc1)NC(=O)C(CN(C)c1ccc(F)c(P)c1)OC=O)Sc1ccc(COC)cc1. The Morgan fingerprint density at radius 2 is 1.71 bits per heavy atom. The van der Waals surface area contributed by atoms with E-state index < -0.39 is 24.2 Å². The molecule has 4 unspecified atom stereocenters. The summed E-state index contributed by atoms with van der Waals surface area (Å²) in [5.74, 6) is -0.901. The van der Waals surface area contributed by atoms with Gasteiger partial charge in [-0.3, -0.25) is 9.59 Å². The summed E-state index contributed by atoms with van der Waals surface area (Å²) in [6.07, 6.45) is -0.460. The Morgan fingerprint density at radius 1 is 1.04 bits per heavy atom. The van der Waals surface area contributed by atoms with E-state index in [0.29, 0.717) is 30.6 Å². The van der Waals surface area contributed by atoms with E-state index in [-0.39, 0.29) is 25.4 Å². The van der Waals surface area contributed by atoms with E-state index in [4.69, 9.17) is 9.47 Å². The summed E-state index contributed by atoms with van der Waals surface area (Å²) in [4.78, 5) is 27.5. The predicted octanol–water partition coefficient (Wildman–Crippen LogP) is 4.98. The van der Waals surface area contributed by atoms with Crippen molar-refractivity contribution >= 4 is 44.6 Å². The average molecular weight is 660 g/mol. The Labute approximate surface area is 274 Å². The first kappa shape index (κ1) is 38.2. The minimum absolute atomic E-state index is 0.0322. The number of methoxy groups -OCH3 is 1. The van der Waals surface area contributed by atoms with Crippen LogP contribution in [0.2, 0.25) is 0 Å². The topological polar surface area (TPSA) is 91.3 Å². The minimum Gasteiger partial charge on any atom is -0.453 e. The molecule has 0 spiro atoms. The second-order valence-electron chi connectivity index (χ2n) is 10.5. The lowest BCUT2D eigenvalue weighted by atomic mass is 10.0. The molecule has 3 aromatic rings. The Balaban J connectivity index is 0.00000226. The molecule has 246 valence electrons. The van der Waals surface area contributed by atoms with Crippen LogP contribution in [-0.4, -0.2) is 73.8 Å². The lowest BCUT2D eigenvalue weighted by molar-refractivity contribution is -0.145. The van der Waals surface area contributed by atoms with Crippen molar-refractivity contribution in [2.75, 3.05) is 38.7 Å². The molecule has 8 nitrogen and oxygen atoms in total. The molecule has 0 saturated heterocycles. The number of hydrogen-bond acceptors (Lipinski definition) is 8. The highest BCUT2D eigenvalue weighted by molar-refractivity contribution is 7.97. The van der Waals surface area contributed by atoms with Crippen molar-refractivity contribution in [1.29, 1.82) is 0 Å². The molecule has 0 aliphatic heterocycles. The maximum absolute atomic E-state index is 13.7. The first-order chi connectivity index (χ1) is 21.6. The summed E-state index contributed by atoms with van der Waals surface area (Å²) < 4.78 is 26.1. The first-order valence-corrected chi connectivity index (χ1v) is 16.4. The number of nitrogens with zero attached hydrogens (tertiary/aromatic N) is 2. The van der Waals surface area contributed by atoms with Crippen LogP contribution in [-0.2, 0) is 32.1 Å². The highest BCUT2D eigenvalue weighted by atomic mass is 32.2. The molecule has 3 rings (SSSR count). The molecule has 0 aliphatic rings. The molecule has 45 heavy (non-hydrogen) atoms. The molecule has 3 aromatic carbocycles. The lowest BCUT2D eigenvalue weighted by Crippen LogP contribution is -2.53. The number of halogens is 1. The number of hydrogen-bond donors (Lipinski definition) is 2. The number of benzene rings is 3. The third kappa shape index (κ3) is 13.5. The number of ether oxygens (including phenoxy) is 2. The van der Waals surface area contributed by atoms with Gasteiger partial charge in [-0.2, -0.15) is 0 Å². The summed E-state index contributed by atoms with van der Waals surface area (Å²) >= 11 is 1.52. The standard InChI is InChI=1S/C31H39FN3O5PS.C3H8/c1-4-35(42-25-13-10-23(11-14-25)20-39-3)18-28(37)27(16-22-8-6-5-7-9-22)33-31(38)29(40-21-36)19-34(2)24-12-15-26(32)30(41)17-24;1-3-2/h5-15,17,21,27-29,37H,4,16,18-20,41H2,1-3H3,(H,33,38);3H2,1-2H3. The normalized spacial score (nSPS) is 12.8. The number of carbonyl (C=O) groups excluding carboxylic acids is 2. The Hall–Kier alpha value is -3.01. The van der Waals surface area contributed by atoms with Gasteiger partial charge in [0.2, 0.25) is 0 Å². The van der Waals surface area contributed by atoms with Crippen molar-refractivity contribution in [2.45, 2.75) is 63.4 Å². The van der Waals surface area contributed by atoms with Gasteiger partial charge in [0.25, 0.3) is 12.4 Å².